The molecule has 6 heteroatoms. The smallest absolute Gasteiger partial charge is 0.251 e. The van der Waals surface area contributed by atoms with Gasteiger partial charge < -0.3 is 5.32 Å². The van der Waals surface area contributed by atoms with Crippen LogP contribution in [0.2, 0.25) is 0 Å². The maximum Gasteiger partial charge on any atom is 0.251 e. The molecule has 0 radical (unpaired) electrons. The van der Waals surface area contributed by atoms with E-state index in [1.54, 1.807) is 25.1 Å². The van der Waals surface area contributed by atoms with E-state index in [2.05, 4.69) is 10.0 Å². The van der Waals surface area contributed by atoms with Crippen LogP contribution in [-0.2, 0) is 10.0 Å². The molecule has 0 saturated carbocycles. The highest BCUT2D eigenvalue weighted by molar-refractivity contribution is 7.92. The van der Waals surface area contributed by atoms with Gasteiger partial charge in [-0.1, -0.05) is 43.3 Å². The Kier molecular flexibility index (Phi) is 5.98. The monoisotopic (exact) mass is 346 g/mol. The second-order valence-electron chi connectivity index (χ2n) is 5.61. The Hall–Kier alpha value is -2.34. The van der Waals surface area contributed by atoms with E-state index in [1.165, 1.54) is 6.07 Å². The van der Waals surface area contributed by atoms with E-state index in [0.29, 0.717) is 17.8 Å². The number of amides is 1. The number of carbonyl (C=O) groups excluding carboxylic acids is 1. The summed E-state index contributed by atoms with van der Waals surface area (Å²) in [5, 5.41) is 2.89. The zero-order valence-corrected chi connectivity index (χ0v) is 14.6. The predicted molar refractivity (Wildman–Crippen MR) is 96.7 cm³/mol. The van der Waals surface area contributed by atoms with Crippen LogP contribution < -0.4 is 10.0 Å². The zero-order chi connectivity index (χ0) is 17.6. The van der Waals surface area contributed by atoms with Gasteiger partial charge in [0, 0.05) is 17.8 Å². The molecule has 5 nitrogen and oxygen atoms in total. The SMILES string of the molecule is CCS(=O)(=O)Nc1cccc(C(=O)NCC(C)c2ccccc2)c1. The van der Waals surface area contributed by atoms with Crippen LogP contribution in [-0.4, -0.2) is 26.6 Å². The Labute approximate surface area is 143 Å². The van der Waals surface area contributed by atoms with Crippen molar-refractivity contribution in [3.8, 4) is 0 Å². The molecule has 128 valence electrons. The summed E-state index contributed by atoms with van der Waals surface area (Å²) < 4.78 is 25.7. The molecule has 1 unspecified atom stereocenters. The van der Waals surface area contributed by atoms with E-state index in [-0.39, 0.29) is 17.6 Å². The quantitative estimate of drug-likeness (QED) is 0.809. The summed E-state index contributed by atoms with van der Waals surface area (Å²) in [6.45, 7) is 4.11. The number of hydrogen-bond acceptors (Lipinski definition) is 3. The molecular formula is C18H22N2O3S. The molecule has 0 heterocycles. The van der Waals surface area contributed by atoms with E-state index < -0.39 is 10.0 Å². The minimum absolute atomic E-state index is 0.0159. The summed E-state index contributed by atoms with van der Waals surface area (Å²) in [7, 11) is -3.36. The Bertz CT molecular complexity index is 789. The number of anilines is 1. The lowest BCUT2D eigenvalue weighted by atomic mass is 10.0. The molecule has 0 aliphatic rings. The number of sulfonamides is 1. The van der Waals surface area contributed by atoms with Crippen LogP contribution in [0.5, 0.6) is 0 Å². The van der Waals surface area contributed by atoms with Gasteiger partial charge in [0.1, 0.15) is 0 Å². The van der Waals surface area contributed by atoms with E-state index in [1.807, 2.05) is 37.3 Å². The summed E-state index contributed by atoms with van der Waals surface area (Å²) in [5.41, 5.74) is 1.97. The molecule has 1 amide bonds. The van der Waals surface area contributed by atoms with Crippen LogP contribution in [0.4, 0.5) is 5.69 Å². The Morgan fingerprint density at radius 1 is 1.08 bits per heavy atom. The lowest BCUT2D eigenvalue weighted by Gasteiger charge is -2.13. The van der Waals surface area contributed by atoms with Gasteiger partial charge in [-0.25, -0.2) is 8.42 Å². The lowest BCUT2D eigenvalue weighted by molar-refractivity contribution is 0.0951. The number of nitrogens with one attached hydrogen (secondary N) is 2. The normalized spacial score (nSPS) is 12.4. The molecule has 24 heavy (non-hydrogen) atoms. The van der Waals surface area contributed by atoms with Gasteiger partial charge in [-0.3, -0.25) is 9.52 Å². The summed E-state index contributed by atoms with van der Waals surface area (Å²) in [6, 6.07) is 16.4. The van der Waals surface area contributed by atoms with Gasteiger partial charge in [-0.2, -0.15) is 0 Å². The highest BCUT2D eigenvalue weighted by Crippen LogP contribution is 2.15. The largest absolute Gasteiger partial charge is 0.351 e. The number of carbonyl (C=O) groups is 1. The number of hydrogen-bond donors (Lipinski definition) is 2. The third kappa shape index (κ3) is 5.09. The van der Waals surface area contributed by atoms with E-state index in [4.69, 9.17) is 0 Å². The van der Waals surface area contributed by atoms with Gasteiger partial charge in [0.25, 0.3) is 5.91 Å². The molecule has 0 spiro atoms. The van der Waals surface area contributed by atoms with Crippen molar-refractivity contribution in [2.45, 2.75) is 19.8 Å². The van der Waals surface area contributed by atoms with Crippen molar-refractivity contribution in [1.29, 1.82) is 0 Å². The molecule has 0 aliphatic heterocycles. The maximum absolute atomic E-state index is 12.3. The molecule has 2 aromatic rings. The van der Waals surface area contributed by atoms with Gasteiger partial charge in [0.15, 0.2) is 0 Å². The van der Waals surface area contributed by atoms with Crippen LogP contribution in [0, 0.1) is 0 Å². The summed E-state index contributed by atoms with van der Waals surface area (Å²) in [4.78, 5) is 12.3. The first-order valence-electron chi connectivity index (χ1n) is 7.85. The Balaban J connectivity index is 2.00. The fraction of sp³-hybridized carbons (Fsp3) is 0.278. The second kappa shape index (κ2) is 7.97. The topological polar surface area (TPSA) is 75.3 Å². The molecule has 1 atom stereocenters. The van der Waals surface area contributed by atoms with E-state index in [0.717, 1.165) is 5.56 Å². The molecule has 2 aromatic carbocycles. The summed E-state index contributed by atoms with van der Waals surface area (Å²) in [5.74, 6) is -0.0508. The Morgan fingerprint density at radius 3 is 2.46 bits per heavy atom. The van der Waals surface area contributed by atoms with Crippen LogP contribution in [0.15, 0.2) is 54.6 Å². The fourth-order valence-electron chi connectivity index (χ4n) is 2.22. The van der Waals surface area contributed by atoms with Crippen LogP contribution >= 0.6 is 0 Å². The summed E-state index contributed by atoms with van der Waals surface area (Å²) in [6.07, 6.45) is 0. The first-order valence-corrected chi connectivity index (χ1v) is 9.50. The standard InChI is InChI=1S/C18H22N2O3S/c1-3-24(22,23)20-17-11-7-10-16(12-17)18(21)19-13-14(2)15-8-5-4-6-9-15/h4-12,14,20H,3,13H2,1-2H3,(H,19,21). The van der Waals surface area contributed by atoms with Crippen LogP contribution in [0.1, 0.15) is 35.7 Å². The molecule has 0 aliphatic carbocycles. The van der Waals surface area contributed by atoms with Gasteiger partial charge in [0.05, 0.1) is 5.75 Å². The highest BCUT2D eigenvalue weighted by atomic mass is 32.2. The fourth-order valence-corrected chi connectivity index (χ4v) is 2.85. The van der Waals surface area contributed by atoms with Crippen molar-refractivity contribution < 1.29 is 13.2 Å². The molecule has 0 saturated heterocycles. The zero-order valence-electron chi connectivity index (χ0n) is 13.8. The van der Waals surface area contributed by atoms with Crippen molar-refractivity contribution in [2.75, 3.05) is 17.0 Å². The second-order valence-corrected chi connectivity index (χ2v) is 7.62. The average Bonchev–Trinajstić information content (AvgIpc) is 2.60. The van der Waals surface area contributed by atoms with Gasteiger partial charge in [-0.05, 0) is 36.6 Å². The average molecular weight is 346 g/mol. The molecule has 2 N–H and O–H groups in total. The molecule has 2 rings (SSSR count). The van der Waals surface area contributed by atoms with Gasteiger partial charge in [0.2, 0.25) is 10.0 Å². The molecular weight excluding hydrogens is 324 g/mol. The van der Waals surface area contributed by atoms with Crippen LogP contribution in [0.25, 0.3) is 0 Å². The molecule has 0 fully saturated rings. The van der Waals surface area contributed by atoms with Gasteiger partial charge >= 0.3 is 0 Å². The maximum atomic E-state index is 12.3. The molecule has 0 bridgehead atoms. The van der Waals surface area contributed by atoms with Crippen LogP contribution in [0.3, 0.4) is 0 Å². The van der Waals surface area contributed by atoms with E-state index in [9.17, 15) is 13.2 Å². The third-order valence-electron chi connectivity index (χ3n) is 3.72. The van der Waals surface area contributed by atoms with Crippen molar-refractivity contribution in [3.05, 3.63) is 65.7 Å². The number of benzene rings is 2. The van der Waals surface area contributed by atoms with Crippen molar-refractivity contribution in [3.63, 3.8) is 0 Å². The minimum Gasteiger partial charge on any atom is -0.351 e. The van der Waals surface area contributed by atoms with E-state index >= 15 is 0 Å². The summed E-state index contributed by atoms with van der Waals surface area (Å²) >= 11 is 0. The number of rotatable bonds is 7. The predicted octanol–water partition coefficient (Wildman–Crippen LogP) is 2.98. The van der Waals surface area contributed by atoms with Crippen molar-refractivity contribution >= 4 is 21.6 Å². The first-order chi connectivity index (χ1) is 11.4. The third-order valence-corrected chi connectivity index (χ3v) is 5.02. The highest BCUT2D eigenvalue weighted by Gasteiger charge is 2.11. The minimum atomic E-state index is -3.36. The lowest BCUT2D eigenvalue weighted by Crippen LogP contribution is -2.27. The first kappa shape index (κ1) is 18.0. The van der Waals surface area contributed by atoms with Gasteiger partial charge in [-0.15, -0.1) is 0 Å². The Morgan fingerprint density at radius 2 is 1.79 bits per heavy atom. The van der Waals surface area contributed by atoms with Crippen molar-refractivity contribution in [1.82, 2.24) is 5.32 Å². The molecule has 0 aromatic heterocycles. The van der Waals surface area contributed by atoms with Crippen molar-refractivity contribution in [2.24, 2.45) is 0 Å².